The fraction of sp³-hybridized carbons (Fsp3) is 0.562. The lowest BCUT2D eigenvalue weighted by atomic mass is 10.1. The third-order valence-corrected chi connectivity index (χ3v) is 7.54. The Hall–Kier alpha value is -0.110. The van der Waals surface area contributed by atoms with Crippen LogP contribution in [0, 0.1) is 0 Å². The normalized spacial score (nSPS) is 30.0. The van der Waals surface area contributed by atoms with Crippen LogP contribution in [0.2, 0.25) is 0 Å². The third kappa shape index (κ3) is 2.68. The molecule has 2 heterocycles. The summed E-state index contributed by atoms with van der Waals surface area (Å²) in [5.74, 6) is 1.07. The lowest BCUT2D eigenvalue weighted by molar-refractivity contribution is -0.933. The molecule has 3 unspecified atom stereocenters. The Morgan fingerprint density at radius 3 is 2.70 bits per heavy atom. The minimum absolute atomic E-state index is 0.125. The number of nitrogens with zero attached hydrogens (tertiary/aromatic N) is 2. The van der Waals surface area contributed by atoms with Gasteiger partial charge in [0.2, 0.25) is 0 Å². The van der Waals surface area contributed by atoms with Gasteiger partial charge in [0.25, 0.3) is 5.91 Å². The van der Waals surface area contributed by atoms with Crippen molar-refractivity contribution in [2.45, 2.75) is 31.5 Å². The van der Waals surface area contributed by atoms with Gasteiger partial charge in [-0.3, -0.25) is 14.2 Å². The van der Waals surface area contributed by atoms with E-state index < -0.39 is 0 Å². The van der Waals surface area contributed by atoms with E-state index in [9.17, 15) is 4.79 Å². The van der Waals surface area contributed by atoms with Gasteiger partial charge in [-0.1, -0.05) is 15.9 Å². The van der Waals surface area contributed by atoms with Crippen molar-refractivity contribution in [1.29, 1.82) is 0 Å². The van der Waals surface area contributed by atoms with Gasteiger partial charge in [-0.15, -0.1) is 0 Å². The minimum Gasteiger partial charge on any atom is -0.494 e. The van der Waals surface area contributed by atoms with Crippen LogP contribution in [0.3, 0.4) is 0 Å². The predicted octanol–water partition coefficient (Wildman–Crippen LogP) is 3.93. The summed E-state index contributed by atoms with van der Waals surface area (Å²) in [6, 6.07) is 2.14. The zero-order chi connectivity index (χ0) is 16.9. The molecule has 0 N–H and O–H groups in total. The van der Waals surface area contributed by atoms with Crippen molar-refractivity contribution in [3.63, 3.8) is 0 Å². The average Bonchev–Trinajstić information content (AvgIpc) is 2.94. The summed E-state index contributed by atoms with van der Waals surface area (Å²) in [7, 11) is 5.83. The van der Waals surface area contributed by atoms with Gasteiger partial charge in [-0.25, -0.2) is 0 Å². The molecule has 1 amide bonds. The molecular formula is C16H20Br3N2O2+. The maximum absolute atomic E-state index is 12.6. The molecular weight excluding hydrogens is 492 g/mol. The van der Waals surface area contributed by atoms with E-state index in [0.29, 0.717) is 0 Å². The summed E-state index contributed by atoms with van der Waals surface area (Å²) in [5.41, 5.74) is 1.14. The Bertz CT molecular complexity index is 667. The molecule has 0 aromatic heterocycles. The third-order valence-electron chi connectivity index (χ3n) is 5.40. The number of amides is 1. The highest BCUT2D eigenvalue weighted by Crippen LogP contribution is 2.44. The summed E-state index contributed by atoms with van der Waals surface area (Å²) < 4.78 is 9.18. The Kier molecular flexibility index (Phi) is 4.86. The van der Waals surface area contributed by atoms with Gasteiger partial charge < -0.3 is 4.74 Å². The molecule has 1 aromatic rings. The van der Waals surface area contributed by atoms with Crippen molar-refractivity contribution in [3.8, 4) is 5.75 Å². The van der Waals surface area contributed by atoms with Gasteiger partial charge in [0.05, 0.1) is 29.6 Å². The van der Waals surface area contributed by atoms with E-state index in [1.807, 2.05) is 18.0 Å². The molecule has 2 aliphatic rings. The zero-order valence-corrected chi connectivity index (χ0v) is 18.2. The number of carbonyl (C=O) groups is 1. The molecule has 0 bridgehead atoms. The number of rotatable bonds is 3. The number of likely N-dealkylation sites (N-methyl/N-ethyl adjacent to an activating group) is 2. The Labute approximate surface area is 162 Å². The van der Waals surface area contributed by atoms with Crippen molar-refractivity contribution in [1.82, 2.24) is 4.90 Å². The fourth-order valence-electron chi connectivity index (χ4n) is 4.10. The van der Waals surface area contributed by atoms with Gasteiger partial charge in [-0.2, -0.15) is 0 Å². The van der Waals surface area contributed by atoms with E-state index in [1.165, 1.54) is 0 Å². The van der Waals surface area contributed by atoms with E-state index >= 15 is 0 Å². The molecule has 7 heteroatoms. The van der Waals surface area contributed by atoms with Crippen LogP contribution in [0.4, 0.5) is 0 Å². The quantitative estimate of drug-likeness (QED) is 0.575. The topological polar surface area (TPSA) is 29.5 Å². The minimum atomic E-state index is 0.125. The van der Waals surface area contributed by atoms with Crippen molar-refractivity contribution in [3.05, 3.63) is 25.0 Å². The number of hydrogen-bond acceptors (Lipinski definition) is 2. The standard InChI is InChI=1S/C16H20Br3N2O2/c1-20-13(21(2)6-4-5-12(21)16(20)22)7-9-10(17)8-11(18)15(23-3)14(9)19/h8,12-13H,4-7H2,1-3H3/q+1. The number of quaternary nitrogens is 1. The van der Waals surface area contributed by atoms with Gasteiger partial charge in [0.15, 0.2) is 12.2 Å². The summed E-state index contributed by atoms with van der Waals surface area (Å²) in [4.78, 5) is 14.5. The first-order chi connectivity index (χ1) is 10.8. The summed E-state index contributed by atoms with van der Waals surface area (Å²) in [5, 5.41) is 0. The van der Waals surface area contributed by atoms with Crippen molar-refractivity contribution < 1.29 is 14.0 Å². The van der Waals surface area contributed by atoms with Crippen LogP contribution in [0.15, 0.2) is 19.5 Å². The second-order valence-electron chi connectivity index (χ2n) is 6.53. The van der Waals surface area contributed by atoms with Crippen LogP contribution >= 0.6 is 47.8 Å². The number of hydrogen-bond donors (Lipinski definition) is 0. The van der Waals surface area contributed by atoms with Crippen LogP contribution < -0.4 is 4.74 Å². The lowest BCUT2D eigenvalue weighted by Crippen LogP contribution is -2.53. The molecule has 2 aliphatic heterocycles. The Morgan fingerprint density at radius 2 is 2.04 bits per heavy atom. The first-order valence-electron chi connectivity index (χ1n) is 7.63. The molecule has 1 aromatic carbocycles. The van der Waals surface area contributed by atoms with Crippen LogP contribution in [0.25, 0.3) is 0 Å². The van der Waals surface area contributed by atoms with E-state index in [4.69, 9.17) is 4.74 Å². The molecule has 2 fully saturated rings. The van der Waals surface area contributed by atoms with Gasteiger partial charge >= 0.3 is 0 Å². The molecule has 3 atom stereocenters. The van der Waals surface area contributed by atoms with Crippen LogP contribution in [-0.2, 0) is 11.2 Å². The molecule has 0 saturated carbocycles. The van der Waals surface area contributed by atoms with E-state index in [1.54, 1.807) is 7.11 Å². The highest BCUT2D eigenvalue weighted by atomic mass is 79.9. The fourth-order valence-corrected chi connectivity index (χ4v) is 6.87. The molecule has 0 spiro atoms. The maximum atomic E-state index is 12.6. The van der Waals surface area contributed by atoms with Crippen molar-refractivity contribution in [2.24, 2.45) is 0 Å². The molecule has 4 nitrogen and oxygen atoms in total. The van der Waals surface area contributed by atoms with Crippen molar-refractivity contribution in [2.75, 3.05) is 27.7 Å². The highest BCUT2D eigenvalue weighted by molar-refractivity contribution is 9.11. The number of benzene rings is 1. The van der Waals surface area contributed by atoms with E-state index in [2.05, 4.69) is 54.8 Å². The SMILES string of the molecule is COc1c(Br)cc(Br)c(CC2N(C)C(=O)C3CCC[N+]32C)c1Br. The number of methoxy groups -OCH3 is 1. The van der Waals surface area contributed by atoms with Crippen LogP contribution in [0.1, 0.15) is 18.4 Å². The first kappa shape index (κ1) is 17.7. The second-order valence-corrected chi connectivity index (χ2v) is 9.03. The number of carbonyl (C=O) groups excluding carboxylic acids is 1. The van der Waals surface area contributed by atoms with Gasteiger partial charge in [0, 0.05) is 30.8 Å². The lowest BCUT2D eigenvalue weighted by Gasteiger charge is -2.36. The summed E-state index contributed by atoms with van der Waals surface area (Å²) in [6.45, 7) is 1.06. The summed E-state index contributed by atoms with van der Waals surface area (Å²) >= 11 is 10.9. The van der Waals surface area contributed by atoms with Crippen molar-refractivity contribution >= 4 is 53.7 Å². The summed E-state index contributed by atoms with van der Waals surface area (Å²) in [6.07, 6.45) is 3.08. The Morgan fingerprint density at radius 1 is 1.35 bits per heavy atom. The molecule has 0 radical (unpaired) electrons. The smallest absolute Gasteiger partial charge is 0.285 e. The van der Waals surface area contributed by atoms with E-state index in [0.717, 1.165) is 55.0 Å². The molecule has 126 valence electrons. The average molecular weight is 512 g/mol. The number of ether oxygens (including phenoxy) is 1. The predicted molar refractivity (Wildman–Crippen MR) is 100 cm³/mol. The number of halogens is 3. The van der Waals surface area contributed by atoms with Gasteiger partial charge in [-0.05, 0) is 43.5 Å². The first-order valence-corrected chi connectivity index (χ1v) is 10.0. The van der Waals surface area contributed by atoms with E-state index in [-0.39, 0.29) is 18.1 Å². The zero-order valence-electron chi connectivity index (χ0n) is 13.4. The molecule has 23 heavy (non-hydrogen) atoms. The van der Waals surface area contributed by atoms with Gasteiger partial charge in [0.1, 0.15) is 5.75 Å². The monoisotopic (exact) mass is 509 g/mol. The number of fused-ring (bicyclic) bond motifs is 1. The van der Waals surface area contributed by atoms with Crippen LogP contribution in [-0.4, -0.2) is 55.2 Å². The largest absolute Gasteiger partial charge is 0.494 e. The molecule has 2 saturated heterocycles. The second kappa shape index (κ2) is 6.32. The molecule has 3 rings (SSSR count). The maximum Gasteiger partial charge on any atom is 0.285 e. The highest BCUT2D eigenvalue weighted by Gasteiger charge is 2.57. The Balaban J connectivity index is 2.01. The van der Waals surface area contributed by atoms with Crippen LogP contribution in [0.5, 0.6) is 5.75 Å². The molecule has 0 aliphatic carbocycles.